The number of nitrogens with one attached hydrogen (secondary N) is 1. The number of aromatic nitrogens is 2. The molecule has 17 heavy (non-hydrogen) atoms. The first kappa shape index (κ1) is 12.5. The SMILES string of the molecule is CCCCC(CC)c1cc2n(n1)CCC(C)N2. The number of anilines is 1. The molecule has 1 aromatic heterocycles. The van der Waals surface area contributed by atoms with Gasteiger partial charge in [-0.15, -0.1) is 0 Å². The number of rotatable bonds is 5. The first-order valence-corrected chi connectivity index (χ1v) is 7.08. The van der Waals surface area contributed by atoms with Crippen molar-refractivity contribution >= 4 is 5.82 Å². The van der Waals surface area contributed by atoms with E-state index in [1.807, 2.05) is 0 Å². The lowest BCUT2D eigenvalue weighted by Gasteiger charge is -2.21. The van der Waals surface area contributed by atoms with Crippen molar-refractivity contribution in [3.63, 3.8) is 0 Å². The number of fused-ring (bicyclic) bond motifs is 1. The van der Waals surface area contributed by atoms with Gasteiger partial charge in [0.05, 0.1) is 5.69 Å². The molecule has 0 aliphatic carbocycles. The minimum Gasteiger partial charge on any atom is -0.368 e. The molecule has 2 heterocycles. The number of hydrogen-bond donors (Lipinski definition) is 1. The van der Waals surface area contributed by atoms with Gasteiger partial charge in [-0.25, -0.2) is 4.68 Å². The maximum Gasteiger partial charge on any atom is 0.124 e. The Bertz CT molecular complexity index is 356. The summed E-state index contributed by atoms with van der Waals surface area (Å²) >= 11 is 0. The van der Waals surface area contributed by atoms with Gasteiger partial charge in [-0.2, -0.15) is 5.10 Å². The number of aryl methyl sites for hydroxylation is 1. The Kier molecular flexibility index (Phi) is 4.08. The maximum absolute atomic E-state index is 4.76. The third-order valence-electron chi connectivity index (χ3n) is 3.78. The largest absolute Gasteiger partial charge is 0.368 e. The predicted molar refractivity (Wildman–Crippen MR) is 72.5 cm³/mol. The summed E-state index contributed by atoms with van der Waals surface area (Å²) in [6.45, 7) is 7.83. The molecule has 0 radical (unpaired) electrons. The molecule has 1 aliphatic rings. The fourth-order valence-corrected chi connectivity index (χ4v) is 2.58. The van der Waals surface area contributed by atoms with Crippen molar-refractivity contribution in [3.8, 4) is 0 Å². The topological polar surface area (TPSA) is 29.9 Å². The predicted octanol–water partition coefficient (Wildman–Crippen LogP) is 3.77. The standard InChI is InChI=1S/C14H25N3/c1-4-6-7-12(5-2)13-10-14-15-11(3)8-9-17(14)16-13/h10-12,15H,4-9H2,1-3H3. The Morgan fingerprint density at radius 2 is 2.35 bits per heavy atom. The zero-order valence-electron chi connectivity index (χ0n) is 11.4. The van der Waals surface area contributed by atoms with E-state index >= 15 is 0 Å². The van der Waals surface area contributed by atoms with Crippen molar-refractivity contribution in [2.45, 2.75) is 71.4 Å². The monoisotopic (exact) mass is 235 g/mol. The maximum atomic E-state index is 4.76. The van der Waals surface area contributed by atoms with Gasteiger partial charge in [0.15, 0.2) is 0 Å². The van der Waals surface area contributed by atoms with Gasteiger partial charge in [-0.3, -0.25) is 0 Å². The first-order chi connectivity index (χ1) is 8.24. The molecular formula is C14H25N3. The molecule has 2 rings (SSSR count). The molecular weight excluding hydrogens is 210 g/mol. The number of hydrogen-bond acceptors (Lipinski definition) is 2. The van der Waals surface area contributed by atoms with Crippen molar-refractivity contribution in [1.29, 1.82) is 0 Å². The summed E-state index contributed by atoms with van der Waals surface area (Å²) in [7, 11) is 0. The Balaban J connectivity index is 2.10. The zero-order valence-corrected chi connectivity index (χ0v) is 11.4. The molecule has 0 bridgehead atoms. The number of nitrogens with zero attached hydrogens (tertiary/aromatic N) is 2. The highest BCUT2D eigenvalue weighted by Gasteiger charge is 2.19. The normalized spacial score (nSPS) is 20.8. The highest BCUT2D eigenvalue weighted by atomic mass is 15.3. The van der Waals surface area contributed by atoms with E-state index in [9.17, 15) is 0 Å². The van der Waals surface area contributed by atoms with Crippen molar-refractivity contribution in [2.24, 2.45) is 0 Å². The molecule has 96 valence electrons. The smallest absolute Gasteiger partial charge is 0.124 e. The molecule has 2 unspecified atom stereocenters. The van der Waals surface area contributed by atoms with Crippen molar-refractivity contribution in [2.75, 3.05) is 5.32 Å². The van der Waals surface area contributed by atoms with E-state index in [1.165, 1.54) is 43.6 Å². The lowest BCUT2D eigenvalue weighted by Crippen LogP contribution is -2.25. The Labute approximate surface area is 105 Å². The Hall–Kier alpha value is -0.990. The third-order valence-corrected chi connectivity index (χ3v) is 3.78. The average Bonchev–Trinajstić information content (AvgIpc) is 2.72. The molecule has 1 aromatic rings. The summed E-state index contributed by atoms with van der Waals surface area (Å²) in [4.78, 5) is 0. The molecule has 3 nitrogen and oxygen atoms in total. The van der Waals surface area contributed by atoms with Crippen LogP contribution in [0.5, 0.6) is 0 Å². The Morgan fingerprint density at radius 1 is 1.53 bits per heavy atom. The molecule has 3 heteroatoms. The van der Waals surface area contributed by atoms with E-state index < -0.39 is 0 Å². The van der Waals surface area contributed by atoms with Crippen LogP contribution in [0.25, 0.3) is 0 Å². The van der Waals surface area contributed by atoms with Gasteiger partial charge in [-0.05, 0) is 26.2 Å². The van der Waals surface area contributed by atoms with Crippen LogP contribution in [0.15, 0.2) is 6.07 Å². The second-order valence-corrected chi connectivity index (χ2v) is 5.26. The summed E-state index contributed by atoms with van der Waals surface area (Å²) in [6.07, 6.45) is 6.24. The van der Waals surface area contributed by atoms with Gasteiger partial charge in [0.1, 0.15) is 5.82 Å². The Morgan fingerprint density at radius 3 is 3.06 bits per heavy atom. The summed E-state index contributed by atoms with van der Waals surface area (Å²) in [6, 6.07) is 2.85. The van der Waals surface area contributed by atoms with E-state index in [0.29, 0.717) is 12.0 Å². The van der Waals surface area contributed by atoms with Gasteiger partial charge in [-0.1, -0.05) is 26.7 Å². The van der Waals surface area contributed by atoms with E-state index in [-0.39, 0.29) is 0 Å². The van der Waals surface area contributed by atoms with Crippen LogP contribution in [0.2, 0.25) is 0 Å². The molecule has 0 aromatic carbocycles. The summed E-state index contributed by atoms with van der Waals surface area (Å²) in [5, 5.41) is 8.28. The van der Waals surface area contributed by atoms with E-state index in [2.05, 4.69) is 36.8 Å². The minimum atomic E-state index is 0.586. The molecule has 1 N–H and O–H groups in total. The molecule has 0 saturated carbocycles. The van der Waals surface area contributed by atoms with Gasteiger partial charge in [0.2, 0.25) is 0 Å². The minimum absolute atomic E-state index is 0.586. The van der Waals surface area contributed by atoms with Crippen molar-refractivity contribution < 1.29 is 0 Å². The second-order valence-electron chi connectivity index (χ2n) is 5.26. The van der Waals surface area contributed by atoms with Crippen molar-refractivity contribution in [1.82, 2.24) is 9.78 Å². The second kappa shape index (κ2) is 5.56. The van der Waals surface area contributed by atoms with E-state index in [0.717, 1.165) is 6.54 Å². The van der Waals surface area contributed by atoms with Crippen LogP contribution in [-0.2, 0) is 6.54 Å². The molecule has 0 saturated heterocycles. The van der Waals surface area contributed by atoms with Gasteiger partial charge in [0.25, 0.3) is 0 Å². The molecule has 0 fully saturated rings. The van der Waals surface area contributed by atoms with Crippen LogP contribution in [-0.4, -0.2) is 15.8 Å². The zero-order chi connectivity index (χ0) is 12.3. The summed E-state index contributed by atoms with van der Waals surface area (Å²) < 4.78 is 2.14. The van der Waals surface area contributed by atoms with Gasteiger partial charge < -0.3 is 5.32 Å². The van der Waals surface area contributed by atoms with Gasteiger partial charge >= 0.3 is 0 Å². The van der Waals surface area contributed by atoms with Crippen LogP contribution in [0.1, 0.15) is 64.5 Å². The fourth-order valence-electron chi connectivity index (χ4n) is 2.58. The molecule has 0 amide bonds. The van der Waals surface area contributed by atoms with Crippen LogP contribution >= 0.6 is 0 Å². The summed E-state index contributed by atoms with van der Waals surface area (Å²) in [5.74, 6) is 1.86. The lowest BCUT2D eigenvalue weighted by molar-refractivity contribution is 0.494. The highest BCUT2D eigenvalue weighted by molar-refractivity contribution is 5.40. The quantitative estimate of drug-likeness (QED) is 0.842. The average molecular weight is 235 g/mol. The van der Waals surface area contributed by atoms with Crippen LogP contribution < -0.4 is 5.32 Å². The van der Waals surface area contributed by atoms with Crippen LogP contribution in [0, 0.1) is 0 Å². The van der Waals surface area contributed by atoms with Gasteiger partial charge in [0, 0.05) is 24.6 Å². The third kappa shape index (κ3) is 2.82. The van der Waals surface area contributed by atoms with E-state index in [4.69, 9.17) is 5.10 Å². The molecule has 1 aliphatic heterocycles. The first-order valence-electron chi connectivity index (χ1n) is 7.08. The fraction of sp³-hybridized carbons (Fsp3) is 0.786. The van der Waals surface area contributed by atoms with Crippen molar-refractivity contribution in [3.05, 3.63) is 11.8 Å². The van der Waals surface area contributed by atoms with E-state index in [1.54, 1.807) is 0 Å². The highest BCUT2D eigenvalue weighted by Crippen LogP contribution is 2.28. The number of unbranched alkanes of at least 4 members (excludes halogenated alkanes) is 1. The van der Waals surface area contributed by atoms with Crippen LogP contribution in [0.3, 0.4) is 0 Å². The van der Waals surface area contributed by atoms with Crippen LogP contribution in [0.4, 0.5) is 5.82 Å². The molecule has 2 atom stereocenters. The molecule has 0 spiro atoms. The lowest BCUT2D eigenvalue weighted by atomic mass is 9.96. The summed E-state index contributed by atoms with van der Waals surface area (Å²) in [5.41, 5.74) is 1.29.